The molecular formula is C19H25BrN4O5. The Morgan fingerprint density at radius 2 is 1.83 bits per heavy atom. The van der Waals surface area contributed by atoms with Crippen LogP contribution >= 0.6 is 15.9 Å². The van der Waals surface area contributed by atoms with Gasteiger partial charge in [-0.3, -0.25) is 14.9 Å². The fraction of sp³-hybridized carbons (Fsp3) is 0.474. The van der Waals surface area contributed by atoms with Gasteiger partial charge in [0, 0.05) is 16.7 Å². The zero-order valence-electron chi connectivity index (χ0n) is 16.5. The van der Waals surface area contributed by atoms with Gasteiger partial charge in [-0.1, -0.05) is 29.8 Å². The predicted molar refractivity (Wildman–Crippen MR) is 110 cm³/mol. The number of methoxy groups -OCH3 is 1. The number of benzene rings is 1. The normalized spacial score (nSPS) is 16.9. The molecule has 3 N–H and O–H groups in total. The Balaban J connectivity index is 2.01. The van der Waals surface area contributed by atoms with E-state index >= 15 is 0 Å². The molecule has 1 saturated heterocycles. The van der Waals surface area contributed by atoms with E-state index in [-0.39, 0.29) is 11.8 Å². The zero-order chi connectivity index (χ0) is 21.6. The number of carbonyl (C=O) groups excluding carboxylic acids is 4. The first-order valence-electron chi connectivity index (χ1n) is 9.25. The summed E-state index contributed by atoms with van der Waals surface area (Å²) in [4.78, 5) is 50.6. The average Bonchev–Trinajstić information content (AvgIpc) is 3.16. The second kappa shape index (κ2) is 10.2. The molecule has 1 heterocycles. The standard InChI is InChI=1S/C19H25BrN4O5/c1-11(2)15(22-19(28)29-3)17(26)24-10-4-5-14(24)16(25)23-18(27)21-13-8-6-12(20)7-9-13/h6-9,11,14-15H,4-5,10H2,1-3H3,(H,22,28)(H2,21,23,25,27)/t14?,15-/m0/s1. The van der Waals surface area contributed by atoms with Gasteiger partial charge in [-0.15, -0.1) is 0 Å². The molecule has 9 nitrogen and oxygen atoms in total. The summed E-state index contributed by atoms with van der Waals surface area (Å²) in [6, 6.07) is 4.61. The molecule has 1 unspecified atom stereocenters. The lowest BCUT2D eigenvalue weighted by Gasteiger charge is -2.30. The molecule has 0 spiro atoms. The number of nitrogens with zero attached hydrogens (tertiary/aromatic N) is 1. The van der Waals surface area contributed by atoms with Crippen molar-refractivity contribution in [2.45, 2.75) is 38.8 Å². The molecule has 1 aliphatic heterocycles. The number of halogens is 1. The number of hydrogen-bond donors (Lipinski definition) is 3. The van der Waals surface area contributed by atoms with Crippen LogP contribution in [0.1, 0.15) is 26.7 Å². The molecule has 0 aliphatic carbocycles. The first kappa shape index (κ1) is 22.7. The van der Waals surface area contributed by atoms with Crippen molar-refractivity contribution in [3.8, 4) is 0 Å². The molecule has 5 amide bonds. The molecular weight excluding hydrogens is 444 g/mol. The number of carbonyl (C=O) groups is 4. The van der Waals surface area contributed by atoms with Gasteiger partial charge in [0.1, 0.15) is 12.1 Å². The quantitative estimate of drug-likeness (QED) is 0.613. The van der Waals surface area contributed by atoms with Crippen LogP contribution < -0.4 is 16.0 Å². The van der Waals surface area contributed by atoms with Crippen LogP contribution in [0.5, 0.6) is 0 Å². The molecule has 0 aromatic heterocycles. The van der Waals surface area contributed by atoms with Crippen molar-refractivity contribution in [3.63, 3.8) is 0 Å². The van der Waals surface area contributed by atoms with E-state index in [0.717, 1.165) is 4.47 Å². The summed E-state index contributed by atoms with van der Waals surface area (Å²) in [5.41, 5.74) is 0.528. The number of nitrogens with one attached hydrogen (secondary N) is 3. The lowest BCUT2D eigenvalue weighted by molar-refractivity contribution is -0.140. The summed E-state index contributed by atoms with van der Waals surface area (Å²) in [5.74, 6) is -1.14. The minimum Gasteiger partial charge on any atom is -0.453 e. The number of likely N-dealkylation sites (tertiary alicyclic amines) is 1. The number of rotatable bonds is 5. The lowest BCUT2D eigenvalue weighted by Crippen LogP contribution is -2.55. The van der Waals surface area contributed by atoms with E-state index in [0.29, 0.717) is 25.1 Å². The molecule has 2 rings (SSSR count). The monoisotopic (exact) mass is 468 g/mol. The van der Waals surface area contributed by atoms with Gasteiger partial charge in [0.2, 0.25) is 5.91 Å². The van der Waals surface area contributed by atoms with Gasteiger partial charge >= 0.3 is 12.1 Å². The van der Waals surface area contributed by atoms with Gasteiger partial charge in [0.05, 0.1) is 7.11 Å². The molecule has 1 aromatic carbocycles. The van der Waals surface area contributed by atoms with E-state index in [9.17, 15) is 19.2 Å². The predicted octanol–water partition coefficient (Wildman–Crippen LogP) is 2.47. The molecule has 29 heavy (non-hydrogen) atoms. The topological polar surface area (TPSA) is 117 Å². The van der Waals surface area contributed by atoms with Crippen molar-refractivity contribution in [2.24, 2.45) is 5.92 Å². The van der Waals surface area contributed by atoms with Crippen LogP contribution in [0, 0.1) is 5.92 Å². The number of anilines is 1. The van der Waals surface area contributed by atoms with Crippen LogP contribution in [-0.4, -0.2) is 54.6 Å². The largest absolute Gasteiger partial charge is 0.453 e. The maximum absolute atomic E-state index is 12.9. The number of amides is 5. The molecule has 1 fully saturated rings. The summed E-state index contributed by atoms with van der Waals surface area (Å²) in [6.45, 7) is 3.95. The van der Waals surface area contributed by atoms with Crippen molar-refractivity contribution >= 4 is 45.6 Å². The Labute approximate surface area is 177 Å². The van der Waals surface area contributed by atoms with Crippen molar-refractivity contribution in [1.29, 1.82) is 0 Å². The number of alkyl carbamates (subject to hydrolysis) is 1. The Bertz CT molecular complexity index is 768. The van der Waals surface area contributed by atoms with E-state index < -0.39 is 30.1 Å². The SMILES string of the molecule is COC(=O)N[C@H](C(=O)N1CCCC1C(=O)NC(=O)Nc1ccc(Br)cc1)C(C)C. The fourth-order valence-electron chi connectivity index (χ4n) is 3.07. The summed E-state index contributed by atoms with van der Waals surface area (Å²) in [5, 5.41) is 7.37. The number of hydrogen-bond acceptors (Lipinski definition) is 5. The van der Waals surface area contributed by atoms with Gasteiger partial charge in [-0.05, 0) is 43.0 Å². The lowest BCUT2D eigenvalue weighted by atomic mass is 10.0. The third-order valence-electron chi connectivity index (χ3n) is 4.57. The van der Waals surface area contributed by atoms with Crippen LogP contribution in [-0.2, 0) is 14.3 Å². The van der Waals surface area contributed by atoms with Gasteiger partial charge < -0.3 is 20.3 Å². The molecule has 0 bridgehead atoms. The smallest absolute Gasteiger partial charge is 0.407 e. The van der Waals surface area contributed by atoms with Crippen LogP contribution in [0.4, 0.5) is 15.3 Å². The zero-order valence-corrected chi connectivity index (χ0v) is 18.1. The van der Waals surface area contributed by atoms with Gasteiger partial charge in [-0.2, -0.15) is 0 Å². The van der Waals surface area contributed by atoms with Gasteiger partial charge in [0.15, 0.2) is 0 Å². The van der Waals surface area contributed by atoms with E-state index in [1.165, 1.54) is 12.0 Å². The van der Waals surface area contributed by atoms with E-state index in [2.05, 4.69) is 36.6 Å². The second-order valence-electron chi connectivity index (χ2n) is 7.00. The van der Waals surface area contributed by atoms with Crippen molar-refractivity contribution in [3.05, 3.63) is 28.7 Å². The van der Waals surface area contributed by atoms with Gasteiger partial charge in [-0.25, -0.2) is 9.59 Å². The summed E-state index contributed by atoms with van der Waals surface area (Å²) in [6.07, 6.45) is 0.346. The summed E-state index contributed by atoms with van der Waals surface area (Å²) < 4.78 is 5.44. The molecule has 0 saturated carbocycles. The molecule has 10 heteroatoms. The highest BCUT2D eigenvalue weighted by Gasteiger charge is 2.39. The maximum Gasteiger partial charge on any atom is 0.407 e. The van der Waals surface area contributed by atoms with Crippen molar-refractivity contribution in [1.82, 2.24) is 15.5 Å². The minimum absolute atomic E-state index is 0.202. The minimum atomic E-state index is -0.826. The number of imide groups is 1. The third-order valence-corrected chi connectivity index (χ3v) is 5.10. The maximum atomic E-state index is 12.9. The fourth-order valence-corrected chi connectivity index (χ4v) is 3.34. The number of ether oxygens (including phenoxy) is 1. The average molecular weight is 469 g/mol. The molecule has 1 aromatic rings. The van der Waals surface area contributed by atoms with Crippen molar-refractivity contribution in [2.75, 3.05) is 19.0 Å². The Kier molecular flexibility index (Phi) is 8.00. The Morgan fingerprint density at radius 1 is 1.17 bits per heavy atom. The molecule has 158 valence electrons. The molecule has 1 aliphatic rings. The third kappa shape index (κ3) is 6.18. The van der Waals surface area contributed by atoms with Crippen LogP contribution in [0.25, 0.3) is 0 Å². The van der Waals surface area contributed by atoms with E-state index in [1.54, 1.807) is 38.1 Å². The van der Waals surface area contributed by atoms with Crippen LogP contribution in [0.2, 0.25) is 0 Å². The summed E-state index contributed by atoms with van der Waals surface area (Å²) in [7, 11) is 1.22. The summed E-state index contributed by atoms with van der Waals surface area (Å²) >= 11 is 3.30. The number of urea groups is 1. The highest BCUT2D eigenvalue weighted by molar-refractivity contribution is 9.10. The van der Waals surface area contributed by atoms with E-state index in [4.69, 9.17) is 0 Å². The Hall–Kier alpha value is -2.62. The highest BCUT2D eigenvalue weighted by atomic mass is 79.9. The van der Waals surface area contributed by atoms with Crippen LogP contribution in [0.15, 0.2) is 28.7 Å². The highest BCUT2D eigenvalue weighted by Crippen LogP contribution is 2.21. The van der Waals surface area contributed by atoms with Gasteiger partial charge in [0.25, 0.3) is 5.91 Å². The molecule has 2 atom stereocenters. The Morgan fingerprint density at radius 3 is 2.41 bits per heavy atom. The van der Waals surface area contributed by atoms with Crippen molar-refractivity contribution < 1.29 is 23.9 Å². The first-order chi connectivity index (χ1) is 13.7. The molecule has 0 radical (unpaired) electrons. The van der Waals surface area contributed by atoms with E-state index in [1.807, 2.05) is 0 Å². The van der Waals surface area contributed by atoms with Crippen LogP contribution in [0.3, 0.4) is 0 Å². The second-order valence-corrected chi connectivity index (χ2v) is 7.91. The first-order valence-corrected chi connectivity index (χ1v) is 10.0.